The highest BCUT2D eigenvalue weighted by Crippen LogP contribution is 2.45. The molecule has 0 saturated heterocycles. The maximum atomic E-state index is 13.4. The van der Waals surface area contributed by atoms with Crippen LogP contribution in [0.1, 0.15) is 34.5 Å². The highest BCUT2D eigenvalue weighted by Gasteiger charge is 2.41. The van der Waals surface area contributed by atoms with Crippen LogP contribution in [-0.4, -0.2) is 5.01 Å². The van der Waals surface area contributed by atoms with Crippen LogP contribution in [0.2, 0.25) is 0 Å². The van der Waals surface area contributed by atoms with E-state index in [1.165, 1.54) is 6.26 Å². The first-order valence-electron chi connectivity index (χ1n) is 10.3. The van der Waals surface area contributed by atoms with E-state index in [0.29, 0.717) is 16.5 Å². The summed E-state index contributed by atoms with van der Waals surface area (Å²) in [5, 5.41) is 2.55. The number of nitrogens with one attached hydrogen (secondary N) is 1. The minimum atomic E-state index is -0.626. The number of fused-ring (bicyclic) bond motifs is 4. The summed E-state index contributed by atoms with van der Waals surface area (Å²) in [5.41, 5.74) is 8.56. The van der Waals surface area contributed by atoms with Gasteiger partial charge in [0.05, 0.1) is 22.7 Å². The third-order valence-electron chi connectivity index (χ3n) is 5.91. The Kier molecular flexibility index (Phi) is 3.98. The molecular formula is C26H20N2O3. The van der Waals surface area contributed by atoms with Gasteiger partial charge in [0.1, 0.15) is 17.6 Å². The van der Waals surface area contributed by atoms with Crippen LogP contribution in [0.5, 0.6) is 5.75 Å². The Balaban J connectivity index is 1.49. The molecule has 0 radical (unpaired) electrons. The first-order chi connectivity index (χ1) is 15.2. The molecule has 0 fully saturated rings. The van der Waals surface area contributed by atoms with Crippen molar-refractivity contribution in [3.05, 3.63) is 118 Å². The van der Waals surface area contributed by atoms with E-state index in [2.05, 4.69) is 29.7 Å². The first kappa shape index (κ1) is 18.0. The van der Waals surface area contributed by atoms with Gasteiger partial charge in [0.15, 0.2) is 0 Å². The topological polar surface area (TPSA) is 54.7 Å². The fourth-order valence-corrected chi connectivity index (χ4v) is 4.36. The molecule has 6 rings (SSSR count). The van der Waals surface area contributed by atoms with E-state index in [0.717, 1.165) is 28.1 Å². The quantitative estimate of drug-likeness (QED) is 0.500. The number of hydrogen-bond acceptors (Lipinski definition) is 5. The fourth-order valence-electron chi connectivity index (χ4n) is 4.36. The van der Waals surface area contributed by atoms with E-state index < -0.39 is 6.23 Å². The van der Waals surface area contributed by atoms with Crippen molar-refractivity contribution in [1.29, 1.82) is 0 Å². The average molecular weight is 408 g/mol. The molecule has 3 heterocycles. The fraction of sp³-hybridized carbons (Fsp3) is 0.115. The van der Waals surface area contributed by atoms with E-state index in [1.807, 2.05) is 66.5 Å². The van der Waals surface area contributed by atoms with Crippen LogP contribution in [0.15, 0.2) is 94.3 Å². The highest BCUT2D eigenvalue weighted by atomic mass is 16.5. The molecule has 2 aliphatic rings. The van der Waals surface area contributed by atoms with Crippen molar-refractivity contribution in [2.75, 3.05) is 0 Å². The van der Waals surface area contributed by atoms with Gasteiger partial charge in [-0.3, -0.25) is 4.79 Å². The predicted molar refractivity (Wildman–Crippen MR) is 119 cm³/mol. The molecule has 1 aromatic heterocycles. The largest absolute Gasteiger partial charge is 0.469 e. The summed E-state index contributed by atoms with van der Waals surface area (Å²) in [4.78, 5) is 13.4. The normalized spacial score (nSPS) is 19.8. The zero-order chi connectivity index (χ0) is 20.9. The van der Waals surface area contributed by atoms with Crippen LogP contribution < -0.4 is 15.6 Å². The minimum absolute atomic E-state index is 0.0715. The van der Waals surface area contributed by atoms with E-state index in [9.17, 15) is 4.79 Å². The van der Waals surface area contributed by atoms with Gasteiger partial charge in [-0.2, -0.15) is 5.01 Å². The van der Waals surface area contributed by atoms with Crippen LogP contribution in [-0.2, 0) is 0 Å². The monoisotopic (exact) mass is 408 g/mol. The van der Waals surface area contributed by atoms with Crippen molar-refractivity contribution in [3.63, 3.8) is 0 Å². The molecule has 0 saturated carbocycles. The Bertz CT molecular complexity index is 1390. The molecule has 31 heavy (non-hydrogen) atoms. The predicted octanol–water partition coefficient (Wildman–Crippen LogP) is 5.10. The van der Waals surface area contributed by atoms with Crippen LogP contribution in [0.4, 0.5) is 0 Å². The van der Waals surface area contributed by atoms with Crippen molar-refractivity contribution >= 4 is 16.7 Å². The van der Waals surface area contributed by atoms with E-state index >= 15 is 0 Å². The number of rotatable bonds is 2. The molecule has 0 aliphatic carbocycles. The molecule has 0 spiro atoms. The van der Waals surface area contributed by atoms with Gasteiger partial charge in [0.25, 0.3) is 0 Å². The van der Waals surface area contributed by atoms with Crippen LogP contribution in [0.3, 0.4) is 0 Å². The second-order valence-electron chi connectivity index (χ2n) is 7.94. The molecule has 5 heteroatoms. The molecule has 4 aromatic rings. The SMILES string of the molecule is Cc1ccc2occ([C@H]3Oc4ccccc4[C@@H]4C=C(c5ccccc5)NN34)c(=O)c2c1. The number of ether oxygens (including phenoxy) is 1. The molecule has 1 N–H and O–H groups in total. The van der Waals surface area contributed by atoms with Gasteiger partial charge in [0.2, 0.25) is 11.7 Å². The Morgan fingerprint density at radius 1 is 0.935 bits per heavy atom. The lowest BCUT2D eigenvalue weighted by Crippen LogP contribution is -2.44. The molecular weight excluding hydrogens is 388 g/mol. The van der Waals surface area contributed by atoms with Crippen molar-refractivity contribution in [1.82, 2.24) is 10.4 Å². The maximum absolute atomic E-state index is 13.4. The summed E-state index contributed by atoms with van der Waals surface area (Å²) in [6, 6.07) is 23.7. The third-order valence-corrected chi connectivity index (χ3v) is 5.91. The van der Waals surface area contributed by atoms with Crippen molar-refractivity contribution in [2.24, 2.45) is 0 Å². The van der Waals surface area contributed by atoms with E-state index in [4.69, 9.17) is 9.15 Å². The summed E-state index contributed by atoms with van der Waals surface area (Å²) in [6.07, 6.45) is 3.08. The summed E-state index contributed by atoms with van der Waals surface area (Å²) in [5.74, 6) is 0.768. The average Bonchev–Trinajstić information content (AvgIpc) is 3.26. The minimum Gasteiger partial charge on any atom is -0.469 e. The van der Waals surface area contributed by atoms with E-state index in [-0.39, 0.29) is 11.5 Å². The number of benzene rings is 3. The number of nitrogens with zero attached hydrogens (tertiary/aromatic N) is 1. The lowest BCUT2D eigenvalue weighted by molar-refractivity contribution is -0.0341. The van der Waals surface area contributed by atoms with Gasteiger partial charge in [-0.05, 0) is 36.8 Å². The van der Waals surface area contributed by atoms with Crippen molar-refractivity contribution in [2.45, 2.75) is 19.2 Å². The second kappa shape index (κ2) is 6.86. The molecule has 152 valence electrons. The van der Waals surface area contributed by atoms with E-state index in [1.54, 1.807) is 0 Å². The van der Waals surface area contributed by atoms with Gasteiger partial charge in [-0.25, -0.2) is 0 Å². The molecule has 2 atom stereocenters. The maximum Gasteiger partial charge on any atom is 0.202 e. The molecule has 5 nitrogen and oxygen atoms in total. The Labute approximate surface area is 179 Å². The summed E-state index contributed by atoms with van der Waals surface area (Å²) in [7, 11) is 0. The Morgan fingerprint density at radius 3 is 2.61 bits per heavy atom. The van der Waals surface area contributed by atoms with Crippen LogP contribution >= 0.6 is 0 Å². The lowest BCUT2D eigenvalue weighted by atomic mass is 10.0. The molecule has 0 bridgehead atoms. The van der Waals surface area contributed by atoms with Crippen molar-refractivity contribution < 1.29 is 9.15 Å². The summed E-state index contributed by atoms with van der Waals surface area (Å²) in [6.45, 7) is 1.97. The summed E-state index contributed by atoms with van der Waals surface area (Å²) >= 11 is 0. The molecule has 3 aromatic carbocycles. The zero-order valence-corrected chi connectivity index (χ0v) is 16.9. The molecule has 0 amide bonds. The second-order valence-corrected chi connectivity index (χ2v) is 7.94. The number of hydrogen-bond donors (Lipinski definition) is 1. The first-order valence-corrected chi connectivity index (χ1v) is 10.3. The number of aryl methyl sites for hydroxylation is 1. The van der Waals surface area contributed by atoms with Gasteiger partial charge >= 0.3 is 0 Å². The van der Waals surface area contributed by atoms with Crippen LogP contribution in [0, 0.1) is 6.92 Å². The molecule has 2 aliphatic heterocycles. The third kappa shape index (κ3) is 2.86. The summed E-state index contributed by atoms with van der Waals surface area (Å²) < 4.78 is 12.2. The zero-order valence-electron chi connectivity index (χ0n) is 16.9. The standard InChI is InChI=1S/C26H20N2O3/c1-16-11-12-23-19(13-16)25(29)20(15-30-23)26-28-22(18-9-5-6-10-24(18)31-26)14-21(27-28)17-7-3-2-4-8-17/h2-15,22,26-27H,1H3/t22-,26+/m0/s1. The number of hydrazine groups is 1. The van der Waals surface area contributed by atoms with Gasteiger partial charge in [0, 0.05) is 5.56 Å². The van der Waals surface area contributed by atoms with Gasteiger partial charge in [-0.15, -0.1) is 0 Å². The van der Waals surface area contributed by atoms with Crippen molar-refractivity contribution in [3.8, 4) is 5.75 Å². The smallest absolute Gasteiger partial charge is 0.202 e. The number of para-hydroxylation sites is 1. The highest BCUT2D eigenvalue weighted by molar-refractivity contribution is 5.77. The molecule has 0 unspecified atom stereocenters. The van der Waals surface area contributed by atoms with Gasteiger partial charge in [-0.1, -0.05) is 60.2 Å². The Hall–Kier alpha value is -3.83. The Morgan fingerprint density at radius 2 is 1.74 bits per heavy atom. The van der Waals surface area contributed by atoms with Gasteiger partial charge < -0.3 is 14.6 Å². The van der Waals surface area contributed by atoms with Crippen LogP contribution in [0.25, 0.3) is 16.7 Å². The lowest BCUT2D eigenvalue weighted by Gasteiger charge is -2.38.